The first-order valence-corrected chi connectivity index (χ1v) is 5.26. The molecule has 1 aliphatic heterocycles. The lowest BCUT2D eigenvalue weighted by atomic mass is 9.57. The fraction of sp³-hybridized carbons (Fsp3) is 1.00. The molecule has 0 radical (unpaired) electrons. The summed E-state index contributed by atoms with van der Waals surface area (Å²) in [5.74, 6) is 3.50. The maximum Gasteiger partial charge on any atom is 0.0584 e. The van der Waals surface area contributed by atoms with Crippen molar-refractivity contribution in [2.45, 2.75) is 46.3 Å². The molecule has 0 N–H and O–H groups in total. The van der Waals surface area contributed by atoms with Crippen LogP contribution in [0.3, 0.4) is 0 Å². The number of fused-ring (bicyclic) bond motifs is 1. The highest BCUT2D eigenvalue weighted by atomic mass is 16.5. The quantitative estimate of drug-likeness (QED) is 0.540. The third-order valence-corrected chi connectivity index (χ3v) is 4.18. The lowest BCUT2D eigenvalue weighted by molar-refractivity contribution is -0.183. The van der Waals surface area contributed by atoms with Crippen LogP contribution in [0.4, 0.5) is 0 Å². The Balaban J connectivity index is 2.09. The van der Waals surface area contributed by atoms with Gasteiger partial charge in [0.05, 0.1) is 12.2 Å². The Hall–Kier alpha value is -0.0400. The summed E-state index contributed by atoms with van der Waals surface area (Å²) in [4.78, 5) is 0. The van der Waals surface area contributed by atoms with Crippen LogP contribution in [-0.2, 0) is 4.74 Å². The van der Waals surface area contributed by atoms with Crippen LogP contribution < -0.4 is 0 Å². The van der Waals surface area contributed by atoms with Gasteiger partial charge in [-0.3, -0.25) is 0 Å². The van der Waals surface area contributed by atoms with Gasteiger partial charge in [0.1, 0.15) is 0 Å². The van der Waals surface area contributed by atoms with E-state index in [-0.39, 0.29) is 0 Å². The van der Waals surface area contributed by atoms with Crippen molar-refractivity contribution in [1.82, 2.24) is 0 Å². The van der Waals surface area contributed by atoms with Crippen molar-refractivity contribution in [3.63, 3.8) is 0 Å². The first-order chi connectivity index (χ1) is 5.61. The third kappa shape index (κ3) is 1.02. The van der Waals surface area contributed by atoms with Crippen LogP contribution in [0.1, 0.15) is 34.1 Å². The van der Waals surface area contributed by atoms with E-state index in [1.807, 2.05) is 0 Å². The van der Waals surface area contributed by atoms with E-state index >= 15 is 0 Å². The van der Waals surface area contributed by atoms with Crippen LogP contribution in [0.15, 0.2) is 0 Å². The van der Waals surface area contributed by atoms with E-state index in [2.05, 4.69) is 27.7 Å². The second kappa shape index (κ2) is 2.73. The average Bonchev–Trinajstić information content (AvgIpc) is 1.96. The number of rotatable bonds is 0. The third-order valence-electron chi connectivity index (χ3n) is 4.18. The second-order valence-electron chi connectivity index (χ2n) is 4.86. The molecule has 0 amide bonds. The van der Waals surface area contributed by atoms with Gasteiger partial charge in [-0.2, -0.15) is 0 Å². The number of ether oxygens (including phenoxy) is 1. The van der Waals surface area contributed by atoms with Gasteiger partial charge >= 0.3 is 0 Å². The highest BCUT2D eigenvalue weighted by molar-refractivity contribution is 4.97. The predicted molar refractivity (Wildman–Crippen MR) is 49.9 cm³/mol. The molecule has 0 aromatic rings. The largest absolute Gasteiger partial charge is 0.375 e. The normalized spacial score (nSPS) is 59.0. The van der Waals surface area contributed by atoms with Crippen molar-refractivity contribution in [3.8, 4) is 0 Å². The topological polar surface area (TPSA) is 9.23 Å². The molecule has 0 aromatic carbocycles. The molecular formula is C11H20O. The Labute approximate surface area is 75.5 Å². The van der Waals surface area contributed by atoms with Crippen LogP contribution in [0.2, 0.25) is 0 Å². The minimum atomic E-state index is 0.480. The van der Waals surface area contributed by atoms with E-state index in [0.717, 1.165) is 23.7 Å². The molecule has 1 heterocycles. The molecule has 0 spiro atoms. The zero-order chi connectivity index (χ0) is 8.88. The van der Waals surface area contributed by atoms with Crippen LogP contribution in [-0.4, -0.2) is 12.2 Å². The van der Waals surface area contributed by atoms with Gasteiger partial charge in [-0.15, -0.1) is 0 Å². The monoisotopic (exact) mass is 168 g/mol. The van der Waals surface area contributed by atoms with Crippen molar-refractivity contribution in [1.29, 1.82) is 0 Å². The lowest BCUT2D eigenvalue weighted by Gasteiger charge is -2.55. The Kier molecular flexibility index (Phi) is 1.95. The second-order valence-corrected chi connectivity index (χ2v) is 4.86. The summed E-state index contributed by atoms with van der Waals surface area (Å²) in [6.07, 6.45) is 2.42. The zero-order valence-electron chi connectivity index (χ0n) is 8.58. The highest BCUT2D eigenvalue weighted by Crippen LogP contribution is 2.51. The molecule has 6 atom stereocenters. The van der Waals surface area contributed by atoms with Crippen molar-refractivity contribution < 1.29 is 4.74 Å². The molecule has 0 bridgehead atoms. The Morgan fingerprint density at radius 1 is 1.00 bits per heavy atom. The first kappa shape index (κ1) is 8.55. The van der Waals surface area contributed by atoms with Gasteiger partial charge in [-0.1, -0.05) is 13.8 Å². The molecule has 2 aliphatic rings. The zero-order valence-corrected chi connectivity index (χ0v) is 8.58. The fourth-order valence-corrected chi connectivity index (χ4v) is 3.25. The standard InChI is InChI=1S/C11H20O/c1-6-5-10-7(2)8(3)12-9(4)11(6)10/h6-11H,5H2,1-4H3/t6?,7?,8-,9?,10+,11?/m1/s1. The summed E-state index contributed by atoms with van der Waals surface area (Å²) in [6.45, 7) is 9.18. The van der Waals surface area contributed by atoms with Gasteiger partial charge in [0.25, 0.3) is 0 Å². The first-order valence-electron chi connectivity index (χ1n) is 5.26. The van der Waals surface area contributed by atoms with Crippen LogP contribution in [0.5, 0.6) is 0 Å². The lowest BCUT2D eigenvalue weighted by Crippen LogP contribution is -2.53. The van der Waals surface area contributed by atoms with Gasteiger partial charge in [-0.05, 0) is 43.9 Å². The van der Waals surface area contributed by atoms with Gasteiger partial charge in [0.15, 0.2) is 0 Å². The van der Waals surface area contributed by atoms with Gasteiger partial charge in [0, 0.05) is 0 Å². The molecule has 4 unspecified atom stereocenters. The Morgan fingerprint density at radius 2 is 1.67 bits per heavy atom. The van der Waals surface area contributed by atoms with Crippen molar-refractivity contribution >= 4 is 0 Å². The summed E-state index contributed by atoms with van der Waals surface area (Å²) >= 11 is 0. The molecular weight excluding hydrogens is 148 g/mol. The summed E-state index contributed by atoms with van der Waals surface area (Å²) in [5.41, 5.74) is 0. The predicted octanol–water partition coefficient (Wildman–Crippen LogP) is 2.70. The molecule has 1 aliphatic carbocycles. The molecule has 2 rings (SSSR count). The maximum absolute atomic E-state index is 5.90. The molecule has 2 fully saturated rings. The highest BCUT2D eigenvalue weighted by Gasteiger charge is 2.49. The van der Waals surface area contributed by atoms with E-state index in [4.69, 9.17) is 4.74 Å². The van der Waals surface area contributed by atoms with Gasteiger partial charge < -0.3 is 4.74 Å². The smallest absolute Gasteiger partial charge is 0.0584 e. The van der Waals surface area contributed by atoms with Crippen LogP contribution in [0.25, 0.3) is 0 Å². The maximum atomic E-state index is 5.90. The molecule has 1 saturated carbocycles. The van der Waals surface area contributed by atoms with E-state index in [9.17, 15) is 0 Å². The summed E-state index contributed by atoms with van der Waals surface area (Å²) in [5, 5.41) is 0. The SMILES string of the molecule is CC1C[C@@H]2C1C(C)O[C@H](C)C2C. The van der Waals surface area contributed by atoms with E-state index < -0.39 is 0 Å². The van der Waals surface area contributed by atoms with Crippen LogP contribution in [0, 0.1) is 23.7 Å². The molecule has 70 valence electrons. The minimum absolute atomic E-state index is 0.480. The molecule has 1 saturated heterocycles. The molecule has 12 heavy (non-hydrogen) atoms. The van der Waals surface area contributed by atoms with Crippen molar-refractivity contribution in [2.75, 3.05) is 0 Å². The summed E-state index contributed by atoms with van der Waals surface area (Å²) < 4.78 is 5.90. The number of hydrogen-bond donors (Lipinski definition) is 0. The summed E-state index contributed by atoms with van der Waals surface area (Å²) in [6, 6.07) is 0. The van der Waals surface area contributed by atoms with E-state index in [1.165, 1.54) is 6.42 Å². The average molecular weight is 168 g/mol. The van der Waals surface area contributed by atoms with E-state index in [1.54, 1.807) is 0 Å². The Morgan fingerprint density at radius 3 is 2.25 bits per heavy atom. The van der Waals surface area contributed by atoms with E-state index in [0.29, 0.717) is 12.2 Å². The van der Waals surface area contributed by atoms with Crippen molar-refractivity contribution in [3.05, 3.63) is 0 Å². The Bertz CT molecular complexity index is 178. The van der Waals surface area contributed by atoms with Crippen LogP contribution >= 0.6 is 0 Å². The fourth-order valence-electron chi connectivity index (χ4n) is 3.25. The van der Waals surface area contributed by atoms with Gasteiger partial charge in [0.2, 0.25) is 0 Å². The molecule has 1 nitrogen and oxygen atoms in total. The minimum Gasteiger partial charge on any atom is -0.375 e. The number of hydrogen-bond acceptors (Lipinski definition) is 1. The van der Waals surface area contributed by atoms with Gasteiger partial charge in [-0.25, -0.2) is 0 Å². The van der Waals surface area contributed by atoms with Crippen molar-refractivity contribution in [2.24, 2.45) is 23.7 Å². The summed E-state index contributed by atoms with van der Waals surface area (Å²) in [7, 11) is 0. The molecule has 0 aromatic heterocycles. The molecule has 1 heteroatoms.